The Balaban J connectivity index is 1.73. The number of nitrogens with one attached hydrogen (secondary N) is 1. The van der Waals surface area contributed by atoms with Gasteiger partial charge in [-0.3, -0.25) is 0 Å². The standard InChI is InChI=1S/C18H25NS/c1-3-19-15(2)8-6-7-13-20-18-12-11-16-9-4-5-10-17(16)14-18/h4-5,9-12,14-15,19H,3,6-8,13H2,1-2H3. The molecule has 0 aliphatic heterocycles. The summed E-state index contributed by atoms with van der Waals surface area (Å²) in [7, 11) is 0. The van der Waals surface area contributed by atoms with E-state index in [1.54, 1.807) is 0 Å². The Morgan fingerprint density at radius 3 is 2.65 bits per heavy atom. The fourth-order valence-corrected chi connectivity index (χ4v) is 3.41. The number of benzene rings is 2. The molecule has 2 aromatic carbocycles. The minimum atomic E-state index is 0.658. The fraction of sp³-hybridized carbons (Fsp3) is 0.444. The second-order valence-electron chi connectivity index (χ2n) is 5.31. The lowest BCUT2D eigenvalue weighted by molar-refractivity contribution is 0.510. The van der Waals surface area contributed by atoms with Gasteiger partial charge in [-0.05, 0) is 55.0 Å². The number of hydrogen-bond acceptors (Lipinski definition) is 2. The molecule has 2 rings (SSSR count). The fourth-order valence-electron chi connectivity index (χ4n) is 2.45. The maximum absolute atomic E-state index is 3.47. The summed E-state index contributed by atoms with van der Waals surface area (Å²) in [6, 6.07) is 16.0. The zero-order valence-electron chi connectivity index (χ0n) is 12.6. The SMILES string of the molecule is CCNC(C)CCCCSc1ccc2ccccc2c1. The molecule has 1 N–H and O–H groups in total. The van der Waals surface area contributed by atoms with E-state index in [4.69, 9.17) is 0 Å². The smallest absolute Gasteiger partial charge is 0.00783 e. The molecule has 20 heavy (non-hydrogen) atoms. The molecule has 0 bridgehead atoms. The molecule has 0 aliphatic rings. The van der Waals surface area contributed by atoms with Crippen molar-refractivity contribution >= 4 is 22.5 Å². The highest BCUT2D eigenvalue weighted by Crippen LogP contribution is 2.24. The molecule has 2 aromatic rings. The van der Waals surface area contributed by atoms with Crippen molar-refractivity contribution in [2.45, 2.75) is 44.0 Å². The van der Waals surface area contributed by atoms with Crippen LogP contribution < -0.4 is 5.32 Å². The van der Waals surface area contributed by atoms with E-state index in [0.717, 1.165) is 6.54 Å². The third-order valence-electron chi connectivity index (χ3n) is 3.57. The van der Waals surface area contributed by atoms with E-state index in [2.05, 4.69) is 61.6 Å². The molecule has 1 unspecified atom stereocenters. The average molecular weight is 287 g/mol. The Morgan fingerprint density at radius 1 is 1.05 bits per heavy atom. The summed E-state index contributed by atoms with van der Waals surface area (Å²) in [6.07, 6.45) is 3.90. The molecule has 108 valence electrons. The summed E-state index contributed by atoms with van der Waals surface area (Å²) in [5.41, 5.74) is 0. The minimum absolute atomic E-state index is 0.658. The van der Waals surface area contributed by atoms with Gasteiger partial charge in [-0.15, -0.1) is 11.8 Å². The van der Waals surface area contributed by atoms with Crippen LogP contribution >= 0.6 is 11.8 Å². The molecule has 1 nitrogen and oxygen atoms in total. The predicted octanol–water partition coefficient (Wildman–Crippen LogP) is 5.10. The van der Waals surface area contributed by atoms with Crippen molar-refractivity contribution in [3.8, 4) is 0 Å². The van der Waals surface area contributed by atoms with Gasteiger partial charge in [0.05, 0.1) is 0 Å². The van der Waals surface area contributed by atoms with Crippen molar-refractivity contribution < 1.29 is 0 Å². The van der Waals surface area contributed by atoms with Crippen molar-refractivity contribution in [3.63, 3.8) is 0 Å². The zero-order chi connectivity index (χ0) is 14.2. The number of fused-ring (bicyclic) bond motifs is 1. The van der Waals surface area contributed by atoms with Crippen LogP contribution in [0.4, 0.5) is 0 Å². The molecular formula is C18H25NS. The highest BCUT2D eigenvalue weighted by Gasteiger charge is 2.00. The first-order chi connectivity index (χ1) is 9.79. The lowest BCUT2D eigenvalue weighted by atomic mass is 10.1. The normalized spacial score (nSPS) is 12.7. The van der Waals surface area contributed by atoms with Crippen LogP contribution in [0.1, 0.15) is 33.1 Å². The Labute approximate surface area is 127 Å². The molecule has 0 radical (unpaired) electrons. The summed E-state index contributed by atoms with van der Waals surface area (Å²) in [6.45, 7) is 5.53. The van der Waals surface area contributed by atoms with Gasteiger partial charge in [0.25, 0.3) is 0 Å². The molecule has 0 heterocycles. The van der Waals surface area contributed by atoms with E-state index in [9.17, 15) is 0 Å². The van der Waals surface area contributed by atoms with Gasteiger partial charge in [-0.25, -0.2) is 0 Å². The van der Waals surface area contributed by atoms with Gasteiger partial charge >= 0.3 is 0 Å². The van der Waals surface area contributed by atoms with Crippen LogP contribution in [0.5, 0.6) is 0 Å². The van der Waals surface area contributed by atoms with Gasteiger partial charge in [-0.1, -0.05) is 43.7 Å². The monoisotopic (exact) mass is 287 g/mol. The summed E-state index contributed by atoms with van der Waals surface area (Å²) in [5, 5.41) is 6.14. The van der Waals surface area contributed by atoms with E-state index in [1.165, 1.54) is 40.7 Å². The minimum Gasteiger partial charge on any atom is -0.315 e. The summed E-state index contributed by atoms with van der Waals surface area (Å²) in [5.74, 6) is 1.22. The maximum atomic E-state index is 3.47. The summed E-state index contributed by atoms with van der Waals surface area (Å²) >= 11 is 1.98. The van der Waals surface area contributed by atoms with E-state index in [-0.39, 0.29) is 0 Å². The first kappa shape index (κ1) is 15.4. The van der Waals surface area contributed by atoms with Gasteiger partial charge in [0, 0.05) is 10.9 Å². The van der Waals surface area contributed by atoms with Crippen LogP contribution in [0.25, 0.3) is 10.8 Å². The Hall–Kier alpha value is -0.990. The van der Waals surface area contributed by atoms with Gasteiger partial charge in [-0.2, -0.15) is 0 Å². The number of rotatable bonds is 8. The van der Waals surface area contributed by atoms with Gasteiger partial charge < -0.3 is 5.32 Å². The molecule has 0 saturated carbocycles. The van der Waals surface area contributed by atoms with Gasteiger partial charge in [0.2, 0.25) is 0 Å². The number of hydrogen-bond donors (Lipinski definition) is 1. The molecule has 0 amide bonds. The Kier molecular flexibility index (Phi) is 6.41. The molecule has 2 heteroatoms. The maximum Gasteiger partial charge on any atom is 0.00783 e. The van der Waals surface area contributed by atoms with E-state index < -0.39 is 0 Å². The molecule has 0 spiro atoms. The largest absolute Gasteiger partial charge is 0.315 e. The third-order valence-corrected chi connectivity index (χ3v) is 4.65. The first-order valence-electron chi connectivity index (χ1n) is 7.64. The number of unbranched alkanes of at least 4 members (excludes halogenated alkanes) is 1. The topological polar surface area (TPSA) is 12.0 Å². The van der Waals surface area contributed by atoms with Crippen LogP contribution in [-0.4, -0.2) is 18.3 Å². The predicted molar refractivity (Wildman–Crippen MR) is 91.7 cm³/mol. The molecule has 0 saturated heterocycles. The van der Waals surface area contributed by atoms with Crippen molar-refractivity contribution in [2.24, 2.45) is 0 Å². The van der Waals surface area contributed by atoms with Crippen molar-refractivity contribution in [2.75, 3.05) is 12.3 Å². The van der Waals surface area contributed by atoms with E-state index in [0.29, 0.717) is 6.04 Å². The van der Waals surface area contributed by atoms with Crippen LogP contribution in [0.3, 0.4) is 0 Å². The van der Waals surface area contributed by atoms with E-state index in [1.807, 2.05) is 11.8 Å². The number of thioether (sulfide) groups is 1. The highest BCUT2D eigenvalue weighted by atomic mass is 32.2. The average Bonchev–Trinajstić information content (AvgIpc) is 2.47. The first-order valence-corrected chi connectivity index (χ1v) is 8.63. The van der Waals surface area contributed by atoms with Crippen molar-refractivity contribution in [1.82, 2.24) is 5.32 Å². The Bertz CT molecular complexity index is 524. The van der Waals surface area contributed by atoms with Crippen molar-refractivity contribution in [1.29, 1.82) is 0 Å². The van der Waals surface area contributed by atoms with Crippen LogP contribution in [0, 0.1) is 0 Å². The van der Waals surface area contributed by atoms with Crippen LogP contribution in [-0.2, 0) is 0 Å². The highest BCUT2D eigenvalue weighted by molar-refractivity contribution is 7.99. The lowest BCUT2D eigenvalue weighted by Gasteiger charge is -2.11. The third kappa shape index (κ3) is 4.84. The second kappa shape index (κ2) is 8.33. The van der Waals surface area contributed by atoms with Crippen LogP contribution in [0.2, 0.25) is 0 Å². The van der Waals surface area contributed by atoms with Crippen molar-refractivity contribution in [3.05, 3.63) is 42.5 Å². The molecule has 0 fully saturated rings. The zero-order valence-corrected chi connectivity index (χ0v) is 13.4. The lowest BCUT2D eigenvalue weighted by Crippen LogP contribution is -2.25. The van der Waals surface area contributed by atoms with E-state index >= 15 is 0 Å². The van der Waals surface area contributed by atoms with Gasteiger partial charge in [0.1, 0.15) is 0 Å². The second-order valence-corrected chi connectivity index (χ2v) is 6.48. The van der Waals surface area contributed by atoms with Gasteiger partial charge in [0.15, 0.2) is 0 Å². The Morgan fingerprint density at radius 2 is 1.85 bits per heavy atom. The van der Waals surface area contributed by atoms with Crippen LogP contribution in [0.15, 0.2) is 47.4 Å². The molecule has 1 atom stereocenters. The summed E-state index contributed by atoms with van der Waals surface area (Å²) < 4.78 is 0. The molecular weight excluding hydrogens is 262 g/mol. The summed E-state index contributed by atoms with van der Waals surface area (Å²) in [4.78, 5) is 1.39. The molecule has 0 aliphatic carbocycles. The molecule has 0 aromatic heterocycles. The quantitative estimate of drug-likeness (QED) is 0.535.